The van der Waals surface area contributed by atoms with Crippen molar-refractivity contribution in [2.75, 3.05) is 13.7 Å². The summed E-state index contributed by atoms with van der Waals surface area (Å²) in [6.07, 6.45) is 5.84. The maximum atomic E-state index is 14.3. The van der Waals surface area contributed by atoms with Crippen LogP contribution in [0.25, 0.3) is 0 Å². The highest BCUT2D eigenvalue weighted by atomic mass is 19.2. The third kappa shape index (κ3) is 5.77. The SMILES string of the molecule is CCCCCc1ccc(COC2CCC(c3ccc(OC)c(F)c3F)CO2)cc1. The maximum Gasteiger partial charge on any atom is 0.200 e. The molecule has 158 valence electrons. The molecule has 1 aliphatic heterocycles. The zero-order valence-corrected chi connectivity index (χ0v) is 17.3. The predicted molar refractivity (Wildman–Crippen MR) is 109 cm³/mol. The molecule has 2 atom stereocenters. The van der Waals surface area contributed by atoms with Crippen LogP contribution in [0, 0.1) is 11.6 Å². The molecular formula is C24H30F2O3. The van der Waals surface area contributed by atoms with E-state index in [4.69, 9.17) is 14.2 Å². The van der Waals surface area contributed by atoms with Crippen LogP contribution >= 0.6 is 0 Å². The molecule has 0 N–H and O–H groups in total. The Morgan fingerprint density at radius 2 is 1.72 bits per heavy atom. The quantitative estimate of drug-likeness (QED) is 0.470. The van der Waals surface area contributed by atoms with Gasteiger partial charge in [0.2, 0.25) is 5.82 Å². The Labute approximate surface area is 172 Å². The second-order valence-electron chi connectivity index (χ2n) is 7.61. The van der Waals surface area contributed by atoms with E-state index >= 15 is 0 Å². The van der Waals surface area contributed by atoms with Gasteiger partial charge in [-0.1, -0.05) is 50.1 Å². The van der Waals surface area contributed by atoms with Crippen LogP contribution in [0.3, 0.4) is 0 Å². The molecule has 3 rings (SSSR count). The Morgan fingerprint density at radius 3 is 2.38 bits per heavy atom. The summed E-state index contributed by atoms with van der Waals surface area (Å²) < 4.78 is 44.7. The Kier molecular flexibility index (Phi) is 8.01. The fourth-order valence-corrected chi connectivity index (χ4v) is 3.69. The first-order valence-electron chi connectivity index (χ1n) is 10.4. The summed E-state index contributed by atoms with van der Waals surface area (Å²) in [5, 5.41) is 0. The van der Waals surface area contributed by atoms with Crippen LogP contribution in [0.5, 0.6) is 5.75 Å². The summed E-state index contributed by atoms with van der Waals surface area (Å²) in [5.74, 6) is -2.06. The summed E-state index contributed by atoms with van der Waals surface area (Å²) in [6, 6.07) is 11.6. The van der Waals surface area contributed by atoms with E-state index in [2.05, 4.69) is 31.2 Å². The van der Waals surface area contributed by atoms with E-state index in [1.54, 1.807) is 6.07 Å². The summed E-state index contributed by atoms with van der Waals surface area (Å²) in [7, 11) is 1.32. The number of rotatable bonds is 9. The highest BCUT2D eigenvalue weighted by Crippen LogP contribution is 2.33. The van der Waals surface area contributed by atoms with Crippen molar-refractivity contribution in [2.24, 2.45) is 0 Å². The van der Waals surface area contributed by atoms with Gasteiger partial charge in [-0.3, -0.25) is 0 Å². The van der Waals surface area contributed by atoms with Crippen LogP contribution in [0.4, 0.5) is 8.78 Å². The summed E-state index contributed by atoms with van der Waals surface area (Å²) in [6.45, 7) is 3.00. The van der Waals surface area contributed by atoms with E-state index < -0.39 is 11.6 Å². The molecule has 3 nitrogen and oxygen atoms in total. The van der Waals surface area contributed by atoms with Crippen molar-refractivity contribution in [3.63, 3.8) is 0 Å². The minimum absolute atomic E-state index is 0.0828. The van der Waals surface area contributed by atoms with Gasteiger partial charge in [-0.25, -0.2) is 4.39 Å². The molecule has 1 aliphatic rings. The van der Waals surface area contributed by atoms with Gasteiger partial charge in [0.25, 0.3) is 0 Å². The molecule has 2 unspecified atom stereocenters. The zero-order chi connectivity index (χ0) is 20.6. The molecule has 0 amide bonds. The molecule has 0 aromatic heterocycles. The van der Waals surface area contributed by atoms with Crippen LogP contribution < -0.4 is 4.74 Å². The fourth-order valence-electron chi connectivity index (χ4n) is 3.69. The number of methoxy groups -OCH3 is 1. The Balaban J connectivity index is 1.46. The van der Waals surface area contributed by atoms with Gasteiger partial charge in [-0.05, 0) is 48.4 Å². The second-order valence-corrected chi connectivity index (χ2v) is 7.61. The summed E-state index contributed by atoms with van der Waals surface area (Å²) >= 11 is 0. The van der Waals surface area contributed by atoms with E-state index in [1.165, 1.54) is 38.0 Å². The standard InChI is InChI=1S/C24H30F2O3/c1-3-4-5-6-17-7-9-18(10-8-17)15-28-22-14-11-19(16-29-22)20-12-13-21(27-2)24(26)23(20)25/h7-10,12-13,19,22H,3-6,11,14-16H2,1-2H3. The number of hydrogen-bond donors (Lipinski definition) is 0. The van der Waals surface area contributed by atoms with E-state index in [0.717, 1.165) is 12.0 Å². The lowest BCUT2D eigenvalue weighted by Crippen LogP contribution is -2.27. The Hall–Kier alpha value is -1.98. The largest absolute Gasteiger partial charge is 0.494 e. The van der Waals surface area contributed by atoms with Gasteiger partial charge in [0, 0.05) is 5.92 Å². The van der Waals surface area contributed by atoms with Gasteiger partial charge in [0.15, 0.2) is 17.9 Å². The normalized spacial score (nSPS) is 19.3. The van der Waals surface area contributed by atoms with Crippen molar-refractivity contribution >= 4 is 0 Å². The molecule has 5 heteroatoms. The minimum atomic E-state index is -0.943. The summed E-state index contributed by atoms with van der Waals surface area (Å²) in [4.78, 5) is 0. The molecule has 0 aliphatic carbocycles. The minimum Gasteiger partial charge on any atom is -0.494 e. The zero-order valence-electron chi connectivity index (χ0n) is 17.3. The molecule has 1 fully saturated rings. The molecule has 0 spiro atoms. The highest BCUT2D eigenvalue weighted by molar-refractivity contribution is 5.33. The van der Waals surface area contributed by atoms with Crippen molar-refractivity contribution < 1.29 is 23.0 Å². The van der Waals surface area contributed by atoms with Crippen molar-refractivity contribution in [3.8, 4) is 5.75 Å². The Bertz CT molecular complexity index is 768. The fraction of sp³-hybridized carbons (Fsp3) is 0.500. The number of aryl methyl sites for hydroxylation is 1. The number of halogens is 2. The van der Waals surface area contributed by atoms with Crippen LogP contribution in [-0.2, 0) is 22.5 Å². The first kappa shape index (κ1) is 21.7. The lowest BCUT2D eigenvalue weighted by atomic mass is 9.92. The van der Waals surface area contributed by atoms with Gasteiger partial charge in [-0.2, -0.15) is 4.39 Å². The molecule has 0 saturated carbocycles. The molecule has 2 aromatic rings. The van der Waals surface area contributed by atoms with Gasteiger partial charge in [-0.15, -0.1) is 0 Å². The first-order chi connectivity index (χ1) is 14.1. The van der Waals surface area contributed by atoms with E-state index in [0.29, 0.717) is 31.6 Å². The van der Waals surface area contributed by atoms with Gasteiger partial charge in [0.1, 0.15) is 0 Å². The van der Waals surface area contributed by atoms with Crippen LogP contribution in [0.1, 0.15) is 61.6 Å². The van der Waals surface area contributed by atoms with Crippen molar-refractivity contribution in [2.45, 2.75) is 64.3 Å². The van der Waals surface area contributed by atoms with Crippen molar-refractivity contribution in [1.29, 1.82) is 0 Å². The topological polar surface area (TPSA) is 27.7 Å². The molecule has 0 radical (unpaired) electrons. The predicted octanol–water partition coefficient (Wildman–Crippen LogP) is 6.14. The average molecular weight is 404 g/mol. The monoisotopic (exact) mass is 404 g/mol. The van der Waals surface area contributed by atoms with Crippen molar-refractivity contribution in [1.82, 2.24) is 0 Å². The third-order valence-electron chi connectivity index (χ3n) is 5.50. The van der Waals surface area contributed by atoms with Crippen LogP contribution in [0.2, 0.25) is 0 Å². The first-order valence-corrected chi connectivity index (χ1v) is 10.4. The van der Waals surface area contributed by atoms with Gasteiger partial charge in [0.05, 0.1) is 20.3 Å². The molecule has 1 heterocycles. The maximum absolute atomic E-state index is 14.3. The van der Waals surface area contributed by atoms with Gasteiger partial charge >= 0.3 is 0 Å². The third-order valence-corrected chi connectivity index (χ3v) is 5.50. The number of unbranched alkanes of at least 4 members (excludes halogenated alkanes) is 2. The van der Waals surface area contributed by atoms with E-state index in [-0.39, 0.29) is 18.0 Å². The lowest BCUT2D eigenvalue weighted by Gasteiger charge is -2.29. The molecule has 0 bridgehead atoms. The molecule has 2 aromatic carbocycles. The molecule has 1 saturated heterocycles. The Morgan fingerprint density at radius 1 is 0.966 bits per heavy atom. The molecular weight excluding hydrogens is 374 g/mol. The van der Waals surface area contributed by atoms with Crippen molar-refractivity contribution in [3.05, 3.63) is 64.7 Å². The number of benzene rings is 2. The van der Waals surface area contributed by atoms with E-state index in [1.807, 2.05) is 0 Å². The lowest BCUT2D eigenvalue weighted by molar-refractivity contribution is -0.173. The average Bonchev–Trinajstić information content (AvgIpc) is 2.76. The second kappa shape index (κ2) is 10.7. The summed E-state index contributed by atoms with van der Waals surface area (Å²) in [5.41, 5.74) is 2.80. The van der Waals surface area contributed by atoms with E-state index in [9.17, 15) is 8.78 Å². The smallest absolute Gasteiger partial charge is 0.200 e. The number of ether oxygens (including phenoxy) is 3. The number of hydrogen-bond acceptors (Lipinski definition) is 3. The van der Waals surface area contributed by atoms with Gasteiger partial charge < -0.3 is 14.2 Å². The van der Waals surface area contributed by atoms with Crippen LogP contribution in [0.15, 0.2) is 36.4 Å². The highest BCUT2D eigenvalue weighted by Gasteiger charge is 2.27. The molecule has 29 heavy (non-hydrogen) atoms. The van der Waals surface area contributed by atoms with Crippen LogP contribution in [-0.4, -0.2) is 20.0 Å².